The first kappa shape index (κ1) is 28.0. The minimum absolute atomic E-state index is 0.0552. The smallest absolute Gasteiger partial charge is 0.0537 e. The maximum absolute atomic E-state index is 9.55. The van der Waals surface area contributed by atoms with Crippen LogP contribution in [0.1, 0.15) is 162 Å². The van der Waals surface area contributed by atoms with Crippen LogP contribution in [0.2, 0.25) is 0 Å². The molecule has 0 spiro atoms. The van der Waals surface area contributed by atoms with Gasteiger partial charge < -0.3 is 5.11 Å². The first-order valence-electron chi connectivity index (χ1n) is 13.4. The Hall–Kier alpha value is -0.0400. The molecule has 0 heterocycles. The van der Waals surface area contributed by atoms with Gasteiger partial charge in [0.2, 0.25) is 0 Å². The normalized spacial score (nSPS) is 13.7. The Balaban J connectivity index is 3.16. The number of aliphatic hydroxyl groups excluding tert-OH is 1. The third-order valence-corrected chi connectivity index (χ3v) is 6.51. The summed E-state index contributed by atoms with van der Waals surface area (Å²) in [6.07, 6.45) is 30.4. The lowest BCUT2D eigenvalue weighted by Gasteiger charge is -2.11. The SMILES string of the molecule is CCCCCCCCCCCCCCCC(C)CCCCCCC[C@@H](O)CC. The van der Waals surface area contributed by atoms with E-state index in [9.17, 15) is 5.11 Å². The van der Waals surface area contributed by atoms with Crippen molar-refractivity contribution in [3.05, 3.63) is 0 Å². The Bertz CT molecular complexity index is 275. The van der Waals surface area contributed by atoms with Crippen LogP contribution in [0.3, 0.4) is 0 Å². The lowest BCUT2D eigenvalue weighted by molar-refractivity contribution is 0.156. The molecule has 0 radical (unpaired) electrons. The Kier molecular flexibility index (Phi) is 23.2. The summed E-state index contributed by atoms with van der Waals surface area (Å²) in [5.74, 6) is 0.926. The van der Waals surface area contributed by atoms with Crippen molar-refractivity contribution >= 4 is 0 Å². The van der Waals surface area contributed by atoms with Crippen molar-refractivity contribution in [2.75, 3.05) is 0 Å². The Labute approximate surface area is 179 Å². The van der Waals surface area contributed by atoms with Crippen molar-refractivity contribution in [1.82, 2.24) is 0 Å². The average Bonchev–Trinajstić information content (AvgIpc) is 2.70. The van der Waals surface area contributed by atoms with E-state index in [0.717, 1.165) is 18.8 Å². The van der Waals surface area contributed by atoms with Gasteiger partial charge in [0.05, 0.1) is 6.10 Å². The van der Waals surface area contributed by atoms with E-state index in [2.05, 4.69) is 20.8 Å². The summed E-state index contributed by atoms with van der Waals surface area (Å²) in [5, 5.41) is 9.55. The van der Waals surface area contributed by atoms with Crippen LogP contribution in [0.15, 0.2) is 0 Å². The van der Waals surface area contributed by atoms with Gasteiger partial charge in [0.25, 0.3) is 0 Å². The molecule has 0 fully saturated rings. The summed E-state index contributed by atoms with van der Waals surface area (Å²) >= 11 is 0. The van der Waals surface area contributed by atoms with Crippen LogP contribution in [0, 0.1) is 5.92 Å². The van der Waals surface area contributed by atoms with Crippen LogP contribution in [-0.2, 0) is 0 Å². The number of hydrogen-bond donors (Lipinski definition) is 1. The molecule has 0 aromatic rings. The number of unbranched alkanes of at least 4 members (excludes halogenated alkanes) is 16. The standard InChI is InChI=1S/C27H56O/c1-4-6-7-8-9-10-11-12-13-14-15-17-20-23-26(3)24-21-18-16-19-22-25-27(28)5-2/h26-28H,4-25H2,1-3H3/t26?,27-/m0/s1. The molecule has 0 aliphatic carbocycles. The second-order valence-electron chi connectivity index (χ2n) is 9.54. The Morgan fingerprint density at radius 3 is 1.14 bits per heavy atom. The predicted octanol–water partition coefficient (Wildman–Crippen LogP) is 9.61. The molecule has 0 aliphatic heterocycles. The van der Waals surface area contributed by atoms with Gasteiger partial charge in [-0.3, -0.25) is 0 Å². The fourth-order valence-corrected chi connectivity index (χ4v) is 4.26. The molecule has 0 amide bonds. The Morgan fingerprint density at radius 1 is 0.464 bits per heavy atom. The summed E-state index contributed by atoms with van der Waals surface area (Å²) in [7, 11) is 0. The van der Waals surface area contributed by atoms with Crippen molar-refractivity contribution in [2.24, 2.45) is 5.92 Å². The molecule has 28 heavy (non-hydrogen) atoms. The van der Waals surface area contributed by atoms with Crippen LogP contribution in [0.4, 0.5) is 0 Å². The molecular formula is C27H56O. The predicted molar refractivity (Wildman–Crippen MR) is 128 cm³/mol. The molecule has 0 rings (SSSR count). The van der Waals surface area contributed by atoms with Crippen molar-refractivity contribution in [3.8, 4) is 0 Å². The fraction of sp³-hybridized carbons (Fsp3) is 1.00. The zero-order valence-corrected chi connectivity index (χ0v) is 20.2. The fourth-order valence-electron chi connectivity index (χ4n) is 4.26. The molecule has 1 heteroatoms. The summed E-state index contributed by atoms with van der Waals surface area (Å²) in [4.78, 5) is 0. The molecule has 1 N–H and O–H groups in total. The molecule has 0 saturated heterocycles. The van der Waals surface area contributed by atoms with Crippen molar-refractivity contribution < 1.29 is 5.11 Å². The molecule has 1 unspecified atom stereocenters. The molecule has 0 saturated carbocycles. The molecule has 1 nitrogen and oxygen atoms in total. The summed E-state index contributed by atoms with van der Waals surface area (Å²) in [6, 6.07) is 0. The molecular weight excluding hydrogens is 340 g/mol. The van der Waals surface area contributed by atoms with E-state index >= 15 is 0 Å². The number of aliphatic hydroxyl groups is 1. The van der Waals surface area contributed by atoms with E-state index in [1.807, 2.05) is 0 Å². The molecule has 0 aromatic heterocycles. The second-order valence-corrected chi connectivity index (χ2v) is 9.54. The third-order valence-electron chi connectivity index (χ3n) is 6.51. The van der Waals surface area contributed by atoms with Crippen LogP contribution in [-0.4, -0.2) is 11.2 Å². The quantitative estimate of drug-likeness (QED) is 0.170. The Morgan fingerprint density at radius 2 is 0.786 bits per heavy atom. The average molecular weight is 397 g/mol. The van der Waals surface area contributed by atoms with Gasteiger partial charge in [0, 0.05) is 0 Å². The number of rotatable bonds is 23. The van der Waals surface area contributed by atoms with Gasteiger partial charge in [-0.05, 0) is 18.8 Å². The van der Waals surface area contributed by atoms with E-state index < -0.39 is 0 Å². The maximum atomic E-state index is 9.55. The van der Waals surface area contributed by atoms with E-state index in [0.29, 0.717) is 0 Å². The maximum Gasteiger partial charge on any atom is 0.0537 e. The van der Waals surface area contributed by atoms with Crippen molar-refractivity contribution in [3.63, 3.8) is 0 Å². The number of hydrogen-bond acceptors (Lipinski definition) is 1. The zero-order chi connectivity index (χ0) is 20.7. The van der Waals surface area contributed by atoms with Crippen LogP contribution >= 0.6 is 0 Å². The van der Waals surface area contributed by atoms with Crippen molar-refractivity contribution in [2.45, 2.75) is 168 Å². The van der Waals surface area contributed by atoms with Crippen LogP contribution in [0.5, 0.6) is 0 Å². The molecule has 0 bridgehead atoms. The van der Waals surface area contributed by atoms with Crippen molar-refractivity contribution in [1.29, 1.82) is 0 Å². The summed E-state index contributed by atoms with van der Waals surface area (Å²) in [6.45, 7) is 6.83. The molecule has 2 atom stereocenters. The highest BCUT2D eigenvalue weighted by Gasteiger charge is 2.03. The molecule has 0 aromatic carbocycles. The van der Waals surface area contributed by atoms with Gasteiger partial charge in [0.1, 0.15) is 0 Å². The third kappa shape index (κ3) is 22.3. The monoisotopic (exact) mass is 396 g/mol. The van der Waals surface area contributed by atoms with E-state index in [1.165, 1.54) is 128 Å². The highest BCUT2D eigenvalue weighted by atomic mass is 16.3. The summed E-state index contributed by atoms with van der Waals surface area (Å²) < 4.78 is 0. The highest BCUT2D eigenvalue weighted by Crippen LogP contribution is 2.19. The molecule has 0 aliphatic rings. The van der Waals surface area contributed by atoms with Gasteiger partial charge in [-0.25, -0.2) is 0 Å². The van der Waals surface area contributed by atoms with Gasteiger partial charge in [0.15, 0.2) is 0 Å². The second kappa shape index (κ2) is 23.2. The minimum Gasteiger partial charge on any atom is -0.393 e. The van der Waals surface area contributed by atoms with E-state index in [-0.39, 0.29) is 6.10 Å². The minimum atomic E-state index is -0.0552. The van der Waals surface area contributed by atoms with Gasteiger partial charge >= 0.3 is 0 Å². The van der Waals surface area contributed by atoms with Gasteiger partial charge in [-0.1, -0.05) is 149 Å². The largest absolute Gasteiger partial charge is 0.393 e. The van der Waals surface area contributed by atoms with Crippen LogP contribution in [0.25, 0.3) is 0 Å². The van der Waals surface area contributed by atoms with Crippen LogP contribution < -0.4 is 0 Å². The summed E-state index contributed by atoms with van der Waals surface area (Å²) in [5.41, 5.74) is 0. The van der Waals surface area contributed by atoms with Gasteiger partial charge in [-0.15, -0.1) is 0 Å². The highest BCUT2D eigenvalue weighted by molar-refractivity contribution is 4.57. The zero-order valence-electron chi connectivity index (χ0n) is 20.2. The first-order valence-corrected chi connectivity index (χ1v) is 13.4. The van der Waals surface area contributed by atoms with Gasteiger partial charge in [-0.2, -0.15) is 0 Å². The lowest BCUT2D eigenvalue weighted by Crippen LogP contribution is -2.03. The lowest BCUT2D eigenvalue weighted by atomic mass is 9.95. The van der Waals surface area contributed by atoms with E-state index in [1.54, 1.807) is 0 Å². The first-order chi connectivity index (χ1) is 13.7. The molecule has 170 valence electrons. The topological polar surface area (TPSA) is 20.2 Å². The van der Waals surface area contributed by atoms with E-state index in [4.69, 9.17) is 0 Å².